The molecule has 0 aliphatic carbocycles. The quantitative estimate of drug-likeness (QED) is 0.677. The maximum absolute atomic E-state index is 10.4. The highest BCUT2D eigenvalue weighted by Gasteiger charge is 2.17. The first-order valence-corrected chi connectivity index (χ1v) is 10.6. The van der Waals surface area contributed by atoms with Gasteiger partial charge in [0.1, 0.15) is 6.26 Å². The van der Waals surface area contributed by atoms with Crippen molar-refractivity contribution in [2.24, 2.45) is 0 Å². The zero-order chi connectivity index (χ0) is 17.6. The minimum Gasteiger partial charge on any atom is -0.358 e. The summed E-state index contributed by atoms with van der Waals surface area (Å²) in [6, 6.07) is 25.5. The molecule has 0 aromatic heterocycles. The van der Waals surface area contributed by atoms with Crippen LogP contribution in [-0.4, -0.2) is 4.89 Å². The van der Waals surface area contributed by atoms with E-state index in [0.29, 0.717) is 0 Å². The van der Waals surface area contributed by atoms with Crippen LogP contribution in [0.5, 0.6) is 0 Å². The molecule has 0 fully saturated rings. The van der Waals surface area contributed by atoms with Gasteiger partial charge in [-0.2, -0.15) is 0 Å². The normalized spacial score (nSPS) is 10.7. The van der Waals surface area contributed by atoms with Crippen molar-refractivity contribution in [3.63, 3.8) is 0 Å². The summed E-state index contributed by atoms with van der Waals surface area (Å²) in [5.41, 5.74) is 4.06. The van der Waals surface area contributed by atoms with Crippen LogP contribution in [0.15, 0.2) is 78.9 Å². The number of rotatable bonds is 2. The molecule has 0 saturated carbocycles. The molecule has 3 aromatic rings. The molecular formula is C21H23OPS. The van der Waals surface area contributed by atoms with Gasteiger partial charge in [-0.15, -0.1) is 0 Å². The van der Waals surface area contributed by atoms with Crippen LogP contribution in [0, 0.1) is 20.8 Å². The number of hydrogen-bond donors (Lipinski definition) is 1. The fourth-order valence-corrected chi connectivity index (χ4v) is 4.79. The van der Waals surface area contributed by atoms with Gasteiger partial charge in [0.25, 0.3) is 0 Å². The van der Waals surface area contributed by atoms with Crippen molar-refractivity contribution in [3.8, 4) is 0 Å². The molecule has 0 amide bonds. The van der Waals surface area contributed by atoms with Gasteiger partial charge in [-0.1, -0.05) is 107 Å². The molecule has 124 valence electrons. The van der Waals surface area contributed by atoms with Crippen molar-refractivity contribution in [2.75, 3.05) is 0 Å². The van der Waals surface area contributed by atoms with Crippen LogP contribution in [0.3, 0.4) is 0 Å². The smallest absolute Gasteiger partial charge is 0.120 e. The highest BCUT2D eigenvalue weighted by Crippen LogP contribution is 2.37. The van der Waals surface area contributed by atoms with Crippen LogP contribution in [0.25, 0.3) is 0 Å². The van der Waals surface area contributed by atoms with Gasteiger partial charge in [0.15, 0.2) is 0 Å². The molecule has 0 aliphatic rings. The van der Waals surface area contributed by atoms with Crippen LogP contribution in [0.4, 0.5) is 0 Å². The highest BCUT2D eigenvalue weighted by molar-refractivity contribution is 8.19. The van der Waals surface area contributed by atoms with E-state index in [1.165, 1.54) is 16.7 Å². The average Bonchev–Trinajstić information content (AvgIpc) is 2.56. The Labute approximate surface area is 150 Å². The summed E-state index contributed by atoms with van der Waals surface area (Å²) in [6.45, 7) is 6.38. The van der Waals surface area contributed by atoms with Crippen molar-refractivity contribution in [3.05, 3.63) is 95.6 Å². The maximum atomic E-state index is 10.4. The van der Waals surface area contributed by atoms with Gasteiger partial charge < -0.3 is 4.89 Å². The van der Waals surface area contributed by atoms with E-state index >= 15 is 0 Å². The van der Waals surface area contributed by atoms with E-state index in [1.54, 1.807) is 0 Å². The van der Waals surface area contributed by atoms with E-state index in [4.69, 9.17) is 11.8 Å². The van der Waals surface area contributed by atoms with Crippen molar-refractivity contribution < 1.29 is 4.89 Å². The van der Waals surface area contributed by atoms with Crippen molar-refractivity contribution in [2.45, 2.75) is 20.8 Å². The first-order chi connectivity index (χ1) is 11.4. The molecule has 3 aromatic carbocycles. The summed E-state index contributed by atoms with van der Waals surface area (Å²) < 4.78 is 0. The maximum Gasteiger partial charge on any atom is 0.120 e. The van der Waals surface area contributed by atoms with Crippen LogP contribution < -0.4 is 10.6 Å². The van der Waals surface area contributed by atoms with Crippen LogP contribution in [0.2, 0.25) is 0 Å². The summed E-state index contributed by atoms with van der Waals surface area (Å²) in [5.74, 6) is 0. The SMILES string of the molecule is Cc1cc(C)cc(C)c1.OP(=S)(c1ccccc1)c1ccccc1. The van der Waals surface area contributed by atoms with E-state index < -0.39 is 6.26 Å². The second-order valence-electron chi connectivity index (χ2n) is 5.91. The van der Waals surface area contributed by atoms with Gasteiger partial charge in [-0.3, -0.25) is 0 Å². The van der Waals surface area contributed by atoms with Gasteiger partial charge in [-0.05, 0) is 20.8 Å². The Hall–Kier alpha value is -1.73. The molecule has 0 spiro atoms. The van der Waals surface area contributed by atoms with Crippen LogP contribution in [0.1, 0.15) is 16.7 Å². The summed E-state index contributed by atoms with van der Waals surface area (Å²) in [7, 11) is 0. The van der Waals surface area contributed by atoms with Gasteiger partial charge >= 0.3 is 0 Å². The summed E-state index contributed by atoms with van der Waals surface area (Å²) >= 11 is 5.34. The summed E-state index contributed by atoms with van der Waals surface area (Å²) in [5, 5.41) is 1.68. The molecule has 0 heterocycles. The van der Waals surface area contributed by atoms with E-state index in [-0.39, 0.29) is 0 Å². The lowest BCUT2D eigenvalue weighted by molar-refractivity contribution is 0.642. The van der Waals surface area contributed by atoms with Gasteiger partial charge in [-0.25, -0.2) is 0 Å². The van der Waals surface area contributed by atoms with E-state index in [0.717, 1.165) is 10.6 Å². The van der Waals surface area contributed by atoms with Crippen LogP contribution >= 0.6 is 6.26 Å². The predicted octanol–water partition coefficient (Wildman–Crippen LogP) is 4.64. The molecule has 24 heavy (non-hydrogen) atoms. The summed E-state index contributed by atoms with van der Waals surface area (Å²) in [6.07, 6.45) is -2.56. The Kier molecular flexibility index (Phi) is 6.51. The van der Waals surface area contributed by atoms with E-state index in [2.05, 4.69) is 39.0 Å². The number of aryl methyl sites for hydroxylation is 3. The second kappa shape index (κ2) is 8.39. The Morgan fingerprint density at radius 2 is 0.917 bits per heavy atom. The molecule has 1 nitrogen and oxygen atoms in total. The topological polar surface area (TPSA) is 20.2 Å². The molecular weight excluding hydrogens is 331 g/mol. The summed E-state index contributed by atoms with van der Waals surface area (Å²) in [4.78, 5) is 10.4. The first-order valence-electron chi connectivity index (χ1n) is 7.88. The predicted molar refractivity (Wildman–Crippen MR) is 109 cm³/mol. The van der Waals surface area contributed by atoms with Gasteiger partial charge in [0, 0.05) is 10.6 Å². The highest BCUT2D eigenvalue weighted by atomic mass is 32.4. The molecule has 0 saturated heterocycles. The van der Waals surface area contributed by atoms with Gasteiger partial charge in [0.2, 0.25) is 0 Å². The molecule has 3 rings (SSSR count). The lowest BCUT2D eigenvalue weighted by Crippen LogP contribution is -2.14. The third kappa shape index (κ3) is 5.14. The number of hydrogen-bond acceptors (Lipinski definition) is 1. The molecule has 3 heteroatoms. The average molecular weight is 354 g/mol. The molecule has 0 atom stereocenters. The zero-order valence-corrected chi connectivity index (χ0v) is 16.0. The molecule has 0 radical (unpaired) electrons. The lowest BCUT2D eigenvalue weighted by atomic mass is 10.1. The van der Waals surface area contributed by atoms with E-state index in [9.17, 15) is 4.89 Å². The minimum absolute atomic E-state index is 0.839. The monoisotopic (exact) mass is 354 g/mol. The zero-order valence-electron chi connectivity index (χ0n) is 14.3. The Morgan fingerprint density at radius 1 is 0.625 bits per heavy atom. The molecule has 0 aliphatic heterocycles. The third-order valence-electron chi connectivity index (χ3n) is 3.58. The van der Waals surface area contributed by atoms with Crippen molar-refractivity contribution >= 4 is 28.7 Å². The fraction of sp³-hybridized carbons (Fsp3) is 0.143. The second-order valence-corrected chi connectivity index (χ2v) is 9.68. The van der Waals surface area contributed by atoms with Crippen molar-refractivity contribution in [1.29, 1.82) is 0 Å². The van der Waals surface area contributed by atoms with E-state index in [1.807, 2.05) is 60.7 Å². The number of benzene rings is 3. The van der Waals surface area contributed by atoms with Gasteiger partial charge in [0.05, 0.1) is 0 Å². The first kappa shape index (κ1) is 18.6. The molecule has 0 bridgehead atoms. The molecule has 0 unspecified atom stereocenters. The fourth-order valence-electron chi connectivity index (χ4n) is 2.61. The minimum atomic E-state index is -2.56. The van der Waals surface area contributed by atoms with Crippen LogP contribution in [-0.2, 0) is 11.8 Å². The Balaban J connectivity index is 0.000000198. The Morgan fingerprint density at radius 3 is 1.21 bits per heavy atom. The molecule has 1 N–H and O–H groups in total. The largest absolute Gasteiger partial charge is 0.358 e. The lowest BCUT2D eigenvalue weighted by Gasteiger charge is -2.15. The van der Waals surface area contributed by atoms with Crippen molar-refractivity contribution in [1.82, 2.24) is 0 Å². The standard InChI is InChI=1S/C12H11OPS.C9H12/c13-14(15,11-7-3-1-4-8-11)12-9-5-2-6-10-12;1-7-4-8(2)6-9(3)5-7/h1-10H,(H,13,15);4-6H,1-3H3. The third-order valence-corrected chi connectivity index (χ3v) is 6.84. The Bertz CT molecular complexity index is 735.